The molecule has 3 heterocycles. The molecule has 0 aromatic heterocycles. The quantitative estimate of drug-likeness (QED) is 0.241. The zero-order chi connectivity index (χ0) is 29.7. The number of carbonyl (C=O) groups excluding carboxylic acids is 3. The van der Waals surface area contributed by atoms with E-state index in [9.17, 15) is 19.5 Å². The molecule has 2 unspecified atom stereocenters. The predicted octanol–water partition coefficient (Wildman–Crippen LogP) is 4.52. The predicted molar refractivity (Wildman–Crippen MR) is 161 cm³/mol. The van der Waals surface area contributed by atoms with Crippen LogP contribution in [0.25, 0.3) is 0 Å². The van der Waals surface area contributed by atoms with Crippen molar-refractivity contribution < 1.29 is 24.2 Å². The van der Waals surface area contributed by atoms with Crippen molar-refractivity contribution in [3.8, 4) is 0 Å². The van der Waals surface area contributed by atoms with Crippen molar-refractivity contribution in [2.75, 3.05) is 37.7 Å². The number of hydrogen-bond acceptors (Lipinski definition) is 5. The van der Waals surface area contributed by atoms with Gasteiger partial charge in [-0.3, -0.25) is 14.4 Å². The highest BCUT2D eigenvalue weighted by molar-refractivity contribution is 6.34. The number of fused-ring (bicyclic) bond motifs is 1. The number of para-hydroxylation sites is 1. The summed E-state index contributed by atoms with van der Waals surface area (Å²) in [6.07, 6.45) is 7.93. The molecule has 1 aromatic rings. The van der Waals surface area contributed by atoms with Crippen LogP contribution in [0.5, 0.6) is 0 Å². The number of aryl methyl sites for hydroxylation is 1. The zero-order valence-corrected chi connectivity index (χ0v) is 25.2. The second-order valence-electron chi connectivity index (χ2n) is 11.4. The molecule has 1 spiro atoms. The maximum atomic E-state index is 14.7. The monoisotopic (exact) mass is 585 g/mol. The molecule has 0 saturated carbocycles. The van der Waals surface area contributed by atoms with Gasteiger partial charge in [0.25, 0.3) is 5.91 Å². The fourth-order valence-electron chi connectivity index (χ4n) is 7.16. The Labute approximate surface area is 248 Å². The normalized spacial score (nSPS) is 26.2. The lowest BCUT2D eigenvalue weighted by Gasteiger charge is -2.37. The fourth-order valence-corrected chi connectivity index (χ4v) is 7.49. The molecule has 2 bridgehead atoms. The number of nitrogens with zero attached hydrogens (tertiary/aromatic N) is 3. The molecule has 8 nitrogen and oxygen atoms in total. The summed E-state index contributed by atoms with van der Waals surface area (Å²) >= 11 is 6.64. The van der Waals surface area contributed by atoms with Crippen molar-refractivity contribution >= 4 is 35.0 Å². The van der Waals surface area contributed by atoms with Crippen LogP contribution in [0.3, 0.4) is 0 Å². The first-order chi connectivity index (χ1) is 19.8. The van der Waals surface area contributed by atoms with Crippen molar-refractivity contribution in [1.29, 1.82) is 0 Å². The Bertz CT molecular complexity index is 1140. The molecule has 3 aliphatic heterocycles. The van der Waals surface area contributed by atoms with Crippen molar-refractivity contribution in [3.05, 3.63) is 54.1 Å². The summed E-state index contributed by atoms with van der Waals surface area (Å²) in [7, 11) is 0. The third kappa shape index (κ3) is 5.71. The van der Waals surface area contributed by atoms with Gasteiger partial charge in [0.05, 0.1) is 28.6 Å². The van der Waals surface area contributed by atoms with Gasteiger partial charge >= 0.3 is 0 Å². The number of benzene rings is 1. The van der Waals surface area contributed by atoms with E-state index in [2.05, 4.69) is 13.2 Å². The Balaban J connectivity index is 1.75. The second-order valence-corrected chi connectivity index (χ2v) is 11.8. The lowest BCUT2D eigenvalue weighted by Crippen LogP contribution is -2.56. The average Bonchev–Trinajstić information content (AvgIpc) is 3.59. The van der Waals surface area contributed by atoms with Gasteiger partial charge in [-0.25, -0.2) is 0 Å². The third-order valence-electron chi connectivity index (χ3n) is 8.82. The highest BCUT2D eigenvalue weighted by Gasteiger charge is 2.74. The van der Waals surface area contributed by atoms with Crippen LogP contribution in [-0.2, 0) is 19.1 Å². The van der Waals surface area contributed by atoms with Crippen molar-refractivity contribution in [2.24, 2.45) is 11.8 Å². The summed E-state index contributed by atoms with van der Waals surface area (Å²) in [5, 5.41) is 9.63. The number of anilines is 1. The van der Waals surface area contributed by atoms with E-state index in [1.54, 1.807) is 32.9 Å². The summed E-state index contributed by atoms with van der Waals surface area (Å²) in [6.45, 7) is 13.3. The maximum absolute atomic E-state index is 14.7. The van der Waals surface area contributed by atoms with Gasteiger partial charge in [-0.15, -0.1) is 13.2 Å². The lowest BCUT2D eigenvalue weighted by atomic mass is 9.70. The molecule has 1 aromatic carbocycles. The molecule has 4 rings (SSSR count). The molecule has 224 valence electrons. The topological polar surface area (TPSA) is 90.4 Å². The molecule has 0 radical (unpaired) electrons. The number of halogens is 1. The number of aliphatic hydroxyl groups excluding tert-OH is 1. The minimum absolute atomic E-state index is 0.0995. The van der Waals surface area contributed by atoms with E-state index in [-0.39, 0.29) is 30.9 Å². The number of carbonyl (C=O) groups is 3. The number of likely N-dealkylation sites (tertiary alicyclic amines) is 1. The average molecular weight is 586 g/mol. The maximum Gasteiger partial charge on any atom is 0.253 e. The Morgan fingerprint density at radius 3 is 2.56 bits per heavy atom. The first kappa shape index (κ1) is 31.3. The summed E-state index contributed by atoms with van der Waals surface area (Å²) in [5.41, 5.74) is 0.353. The summed E-state index contributed by atoms with van der Waals surface area (Å²) in [4.78, 5) is 48.0. The molecule has 3 fully saturated rings. The molecule has 3 saturated heterocycles. The first-order valence-electron chi connectivity index (χ1n) is 14.9. The van der Waals surface area contributed by atoms with Crippen LogP contribution >= 0.6 is 11.6 Å². The van der Waals surface area contributed by atoms with Gasteiger partial charge < -0.3 is 24.5 Å². The highest BCUT2D eigenvalue weighted by atomic mass is 35.5. The van der Waals surface area contributed by atoms with E-state index in [1.807, 2.05) is 26.0 Å². The Kier molecular flexibility index (Phi) is 10.3. The summed E-state index contributed by atoms with van der Waals surface area (Å²) < 4.78 is 6.65. The largest absolute Gasteiger partial charge is 0.396 e. The van der Waals surface area contributed by atoms with Crippen LogP contribution in [0, 0.1) is 18.8 Å². The molecular formula is C32H44ClN3O5. The van der Waals surface area contributed by atoms with Crippen LogP contribution in [0.15, 0.2) is 43.5 Å². The number of aliphatic hydroxyl groups is 1. The van der Waals surface area contributed by atoms with Gasteiger partial charge in [0.15, 0.2) is 0 Å². The number of unbranched alkanes of at least 4 members (excludes halogenated alkanes) is 3. The minimum atomic E-state index is -1.08. The van der Waals surface area contributed by atoms with Crippen molar-refractivity contribution in [1.82, 2.24) is 9.80 Å². The number of hydrogen-bond donors (Lipinski definition) is 1. The smallest absolute Gasteiger partial charge is 0.253 e. The van der Waals surface area contributed by atoms with Crippen LogP contribution < -0.4 is 4.90 Å². The zero-order valence-electron chi connectivity index (χ0n) is 24.4. The molecule has 3 aliphatic rings. The standard InChI is InChI=1S/C32H44ClN3O5/c1-5-17-34(18-6-2)29(38)25-24-15-16-32(41-24)26(25)30(39)36(20-10-8-9-11-21-37)28(32)31(40)35(19-7-3)27-22(4)13-12-14-23(27)33/h5,7,12-14,24-26,28,37H,1,3,6,8-11,15-21H2,2,4H3/t24-,25+,26-,28?,32?/m0/s1. The first-order valence-corrected chi connectivity index (χ1v) is 15.3. The molecule has 0 aliphatic carbocycles. The Hall–Kier alpha value is -2.68. The number of amides is 3. The summed E-state index contributed by atoms with van der Waals surface area (Å²) in [6, 6.07) is 4.61. The van der Waals surface area contributed by atoms with E-state index in [0.717, 1.165) is 24.8 Å². The van der Waals surface area contributed by atoms with Gasteiger partial charge in [-0.1, -0.05) is 55.7 Å². The minimum Gasteiger partial charge on any atom is -0.396 e. The number of rotatable bonds is 15. The molecule has 9 heteroatoms. The molecule has 5 atom stereocenters. The Morgan fingerprint density at radius 2 is 1.90 bits per heavy atom. The van der Waals surface area contributed by atoms with Gasteiger partial charge in [0, 0.05) is 32.8 Å². The van der Waals surface area contributed by atoms with E-state index < -0.39 is 29.6 Å². The van der Waals surface area contributed by atoms with Crippen molar-refractivity contribution in [3.63, 3.8) is 0 Å². The third-order valence-corrected chi connectivity index (χ3v) is 9.12. The molecule has 1 N–H and O–H groups in total. The van der Waals surface area contributed by atoms with Crippen LogP contribution in [0.2, 0.25) is 5.02 Å². The molecule has 41 heavy (non-hydrogen) atoms. The lowest BCUT2D eigenvalue weighted by molar-refractivity contribution is -0.145. The highest BCUT2D eigenvalue weighted by Crippen LogP contribution is 2.59. The molecule has 3 amide bonds. The van der Waals surface area contributed by atoms with Gasteiger partial charge in [0.2, 0.25) is 11.8 Å². The molecular weight excluding hydrogens is 542 g/mol. The SMILES string of the molecule is C=CCN(CCC)C(=O)[C@@H]1[C@@H]2CCC3(O2)C(C(=O)N(CC=C)c2c(C)cccc2Cl)N(CCCCCCO)C(=O)[C@H]13. The van der Waals surface area contributed by atoms with E-state index in [1.165, 1.54) is 0 Å². The van der Waals surface area contributed by atoms with Crippen LogP contribution in [0.1, 0.15) is 57.4 Å². The van der Waals surface area contributed by atoms with Crippen molar-refractivity contribution in [2.45, 2.75) is 76.5 Å². The van der Waals surface area contributed by atoms with Gasteiger partial charge in [0.1, 0.15) is 11.6 Å². The van der Waals surface area contributed by atoms with Gasteiger partial charge in [-0.2, -0.15) is 0 Å². The Morgan fingerprint density at radius 1 is 1.17 bits per heavy atom. The van der Waals surface area contributed by atoms with Crippen LogP contribution in [0.4, 0.5) is 5.69 Å². The summed E-state index contributed by atoms with van der Waals surface area (Å²) in [5.74, 6) is -1.90. The van der Waals surface area contributed by atoms with E-state index in [0.29, 0.717) is 56.0 Å². The van der Waals surface area contributed by atoms with E-state index >= 15 is 0 Å². The fraction of sp³-hybridized carbons (Fsp3) is 0.594. The van der Waals surface area contributed by atoms with E-state index in [4.69, 9.17) is 16.3 Å². The second kappa shape index (κ2) is 13.5. The van der Waals surface area contributed by atoms with Gasteiger partial charge in [-0.05, 0) is 50.7 Å². The number of ether oxygens (including phenoxy) is 1. The van der Waals surface area contributed by atoms with Crippen LogP contribution in [-0.4, -0.2) is 83.2 Å².